The Bertz CT molecular complexity index is 850. The highest BCUT2D eigenvalue weighted by atomic mass is 19.4. The lowest BCUT2D eigenvalue weighted by Crippen LogP contribution is -2.39. The van der Waals surface area contributed by atoms with Gasteiger partial charge in [0.2, 0.25) is 5.88 Å². The Kier molecular flexibility index (Phi) is 4.95. The van der Waals surface area contributed by atoms with Crippen LogP contribution in [-0.4, -0.2) is 28.7 Å². The molecule has 8 heteroatoms. The summed E-state index contributed by atoms with van der Waals surface area (Å²) in [5, 5.41) is 2.01. The van der Waals surface area contributed by atoms with E-state index in [2.05, 4.69) is 9.97 Å². The number of alkyl halides is 3. The van der Waals surface area contributed by atoms with Gasteiger partial charge in [-0.2, -0.15) is 13.2 Å². The second kappa shape index (κ2) is 7.41. The Morgan fingerprint density at radius 1 is 1.18 bits per heavy atom. The van der Waals surface area contributed by atoms with Gasteiger partial charge in [0.1, 0.15) is 5.69 Å². The van der Waals surface area contributed by atoms with Gasteiger partial charge in [-0.05, 0) is 55.7 Å². The minimum atomic E-state index is -4.68. The van der Waals surface area contributed by atoms with Crippen molar-refractivity contribution < 1.29 is 22.7 Å². The summed E-state index contributed by atoms with van der Waals surface area (Å²) in [7, 11) is 0. The van der Waals surface area contributed by atoms with Crippen molar-refractivity contribution >= 4 is 5.91 Å². The predicted octanol–water partition coefficient (Wildman–Crippen LogP) is 4.18. The number of nitrogens with one attached hydrogen (secondary N) is 1. The van der Waals surface area contributed by atoms with E-state index in [0.717, 1.165) is 31.2 Å². The summed E-state index contributed by atoms with van der Waals surface area (Å²) in [5.74, 6) is 0.315. The van der Waals surface area contributed by atoms with Crippen molar-refractivity contribution in [2.24, 2.45) is 5.92 Å². The van der Waals surface area contributed by atoms with E-state index in [1.165, 1.54) is 30.5 Å². The fourth-order valence-corrected chi connectivity index (χ4v) is 2.95. The number of carbonyl (C=O) groups is 1. The zero-order chi connectivity index (χ0) is 19.7. The molecule has 0 radical (unpaired) electrons. The Labute approximate surface area is 160 Å². The number of aromatic nitrogens is 2. The monoisotopic (exact) mass is 391 g/mol. The van der Waals surface area contributed by atoms with Crippen LogP contribution < -0.4 is 10.1 Å². The van der Waals surface area contributed by atoms with Crippen LogP contribution in [0.1, 0.15) is 59.4 Å². The molecule has 2 saturated carbocycles. The number of amides is 1. The van der Waals surface area contributed by atoms with Gasteiger partial charge in [0, 0.05) is 11.8 Å². The molecule has 5 nitrogen and oxygen atoms in total. The van der Waals surface area contributed by atoms with Crippen LogP contribution in [-0.2, 0) is 0 Å². The van der Waals surface area contributed by atoms with Gasteiger partial charge in [-0.1, -0.05) is 12.1 Å². The summed E-state index contributed by atoms with van der Waals surface area (Å²) in [6, 6.07) is 5.18. The van der Waals surface area contributed by atoms with Gasteiger partial charge in [0.25, 0.3) is 5.91 Å². The summed E-state index contributed by atoms with van der Waals surface area (Å²) in [6.45, 7) is 0.525. The van der Waals surface area contributed by atoms with E-state index < -0.39 is 18.1 Å². The molecule has 2 aliphatic carbocycles. The average molecular weight is 391 g/mol. The third kappa shape index (κ3) is 4.43. The Morgan fingerprint density at radius 3 is 2.57 bits per heavy atom. The van der Waals surface area contributed by atoms with Crippen LogP contribution >= 0.6 is 0 Å². The highest BCUT2D eigenvalue weighted by Crippen LogP contribution is 2.44. The third-order valence-electron chi connectivity index (χ3n) is 4.88. The predicted molar refractivity (Wildman–Crippen MR) is 94.9 cm³/mol. The number of hydrogen-bond acceptors (Lipinski definition) is 4. The molecule has 28 heavy (non-hydrogen) atoms. The summed E-state index contributed by atoms with van der Waals surface area (Å²) < 4.78 is 46.2. The average Bonchev–Trinajstić information content (AvgIpc) is 3.57. The maximum atomic E-state index is 13.5. The second-order valence-electron chi connectivity index (χ2n) is 7.32. The first-order chi connectivity index (χ1) is 13.4. The minimum absolute atomic E-state index is 0.0969. The van der Waals surface area contributed by atoms with E-state index >= 15 is 0 Å². The number of rotatable bonds is 7. The first-order valence-electron chi connectivity index (χ1n) is 9.34. The van der Waals surface area contributed by atoms with Crippen LogP contribution in [0.3, 0.4) is 0 Å². The van der Waals surface area contributed by atoms with Gasteiger partial charge in [0.05, 0.1) is 12.3 Å². The van der Waals surface area contributed by atoms with Gasteiger partial charge in [0.15, 0.2) is 6.04 Å². The Morgan fingerprint density at radius 2 is 1.96 bits per heavy atom. The molecule has 148 valence electrons. The van der Waals surface area contributed by atoms with Crippen molar-refractivity contribution in [3.8, 4) is 5.88 Å². The molecule has 2 aromatic rings. The molecule has 2 fully saturated rings. The third-order valence-corrected chi connectivity index (χ3v) is 4.88. The molecule has 2 heterocycles. The molecule has 4 rings (SSSR count). The highest BCUT2D eigenvalue weighted by Gasteiger charge is 2.43. The molecule has 1 atom stereocenters. The van der Waals surface area contributed by atoms with Crippen molar-refractivity contribution in [2.75, 3.05) is 6.61 Å². The van der Waals surface area contributed by atoms with Gasteiger partial charge < -0.3 is 10.1 Å². The number of carbonyl (C=O) groups excluding carboxylic acids is 1. The van der Waals surface area contributed by atoms with Crippen LogP contribution in [0.25, 0.3) is 0 Å². The summed E-state index contributed by atoms with van der Waals surface area (Å²) in [6.07, 6.45) is 0.855. The lowest BCUT2D eigenvalue weighted by Gasteiger charge is -2.21. The van der Waals surface area contributed by atoms with Crippen LogP contribution in [0.5, 0.6) is 5.88 Å². The van der Waals surface area contributed by atoms with Crippen LogP contribution in [0.4, 0.5) is 13.2 Å². The zero-order valence-electron chi connectivity index (χ0n) is 15.1. The van der Waals surface area contributed by atoms with Crippen molar-refractivity contribution in [3.63, 3.8) is 0 Å². The maximum absolute atomic E-state index is 13.5. The van der Waals surface area contributed by atoms with Crippen molar-refractivity contribution in [3.05, 3.63) is 53.5 Å². The van der Waals surface area contributed by atoms with Gasteiger partial charge in [-0.25, -0.2) is 4.98 Å². The topological polar surface area (TPSA) is 64.1 Å². The standard InChI is InChI=1S/C20H20F3N3O2/c21-20(22,23)17(15-3-1-2-10-24-15)26-18(27)16-9-8-14(13-6-7-13)19(25-16)28-11-12-4-5-12/h1-3,8-10,12-13,17H,4-7,11H2,(H,26,27). The molecule has 0 spiro atoms. The number of ether oxygens (including phenoxy) is 1. The van der Waals surface area contributed by atoms with E-state index in [-0.39, 0.29) is 11.4 Å². The fourth-order valence-electron chi connectivity index (χ4n) is 2.95. The van der Waals surface area contributed by atoms with Crippen molar-refractivity contribution in [1.29, 1.82) is 0 Å². The van der Waals surface area contributed by atoms with Gasteiger partial charge in [-0.3, -0.25) is 9.78 Å². The second-order valence-corrected chi connectivity index (χ2v) is 7.32. The van der Waals surface area contributed by atoms with Crippen molar-refractivity contribution in [2.45, 2.75) is 43.8 Å². The SMILES string of the molecule is O=C(NC(c1ccccn1)C(F)(F)F)c1ccc(C2CC2)c(OCC2CC2)n1. The Balaban J connectivity index is 1.55. The van der Waals surface area contributed by atoms with E-state index in [9.17, 15) is 18.0 Å². The van der Waals surface area contributed by atoms with E-state index in [1.54, 1.807) is 6.07 Å². The maximum Gasteiger partial charge on any atom is 0.414 e. The van der Waals surface area contributed by atoms with E-state index in [4.69, 9.17) is 4.74 Å². The van der Waals surface area contributed by atoms with Crippen molar-refractivity contribution in [1.82, 2.24) is 15.3 Å². The molecule has 1 unspecified atom stereocenters. The molecule has 2 aromatic heterocycles. The molecular formula is C20H20F3N3O2. The van der Waals surface area contributed by atoms with E-state index in [0.29, 0.717) is 24.3 Å². The first-order valence-corrected chi connectivity index (χ1v) is 9.34. The molecule has 0 saturated heterocycles. The molecule has 0 aromatic carbocycles. The molecule has 1 amide bonds. The van der Waals surface area contributed by atoms with Gasteiger partial charge >= 0.3 is 6.18 Å². The summed E-state index contributed by atoms with van der Waals surface area (Å²) in [5.41, 5.74) is 0.554. The van der Waals surface area contributed by atoms with Crippen LogP contribution in [0, 0.1) is 5.92 Å². The number of nitrogens with zero attached hydrogens (tertiary/aromatic N) is 2. The molecule has 1 N–H and O–H groups in total. The first kappa shape index (κ1) is 18.7. The fraction of sp³-hybridized carbons (Fsp3) is 0.450. The molecule has 0 bridgehead atoms. The molecule has 2 aliphatic rings. The molecular weight excluding hydrogens is 371 g/mol. The lowest BCUT2D eigenvalue weighted by molar-refractivity contribution is -0.156. The molecule has 0 aliphatic heterocycles. The van der Waals surface area contributed by atoms with Gasteiger partial charge in [-0.15, -0.1) is 0 Å². The normalized spacial score (nSPS) is 17.8. The zero-order valence-corrected chi connectivity index (χ0v) is 15.1. The number of halogens is 3. The van der Waals surface area contributed by atoms with Crippen LogP contribution in [0.2, 0.25) is 0 Å². The largest absolute Gasteiger partial charge is 0.477 e. The number of pyridine rings is 2. The van der Waals surface area contributed by atoms with Crippen LogP contribution in [0.15, 0.2) is 36.5 Å². The van der Waals surface area contributed by atoms with E-state index in [1.807, 2.05) is 5.32 Å². The smallest absolute Gasteiger partial charge is 0.414 e. The quantitative estimate of drug-likeness (QED) is 0.769. The lowest BCUT2D eigenvalue weighted by atomic mass is 10.1. The Hall–Kier alpha value is -2.64. The summed E-state index contributed by atoms with van der Waals surface area (Å²) >= 11 is 0. The summed E-state index contributed by atoms with van der Waals surface area (Å²) in [4.78, 5) is 20.5. The highest BCUT2D eigenvalue weighted by molar-refractivity contribution is 5.92. The number of hydrogen-bond donors (Lipinski definition) is 1. The minimum Gasteiger partial charge on any atom is -0.477 e.